The van der Waals surface area contributed by atoms with Gasteiger partial charge in [-0.05, 0) is 24.6 Å². The maximum absolute atomic E-state index is 11.7. The van der Waals surface area contributed by atoms with Crippen LogP contribution in [0.1, 0.15) is 17.0 Å². The molecular weight excluding hydrogens is 314 g/mol. The van der Waals surface area contributed by atoms with Crippen LogP contribution in [0.4, 0.5) is 0 Å². The number of benzene rings is 1. The van der Waals surface area contributed by atoms with E-state index in [-0.39, 0.29) is 5.91 Å². The van der Waals surface area contributed by atoms with E-state index in [1.54, 1.807) is 11.8 Å². The van der Waals surface area contributed by atoms with Crippen molar-refractivity contribution in [3.8, 4) is 0 Å². The number of carbonyl (C=O) groups is 1. The molecule has 4 nitrogen and oxygen atoms in total. The highest BCUT2D eigenvalue weighted by Crippen LogP contribution is 2.14. The van der Waals surface area contributed by atoms with E-state index in [0.29, 0.717) is 17.3 Å². The summed E-state index contributed by atoms with van der Waals surface area (Å²) >= 11 is 8.55. The van der Waals surface area contributed by atoms with Crippen molar-refractivity contribution in [1.82, 2.24) is 14.1 Å². The molecule has 0 saturated heterocycles. The number of aryl methyl sites for hydroxylation is 1. The van der Waals surface area contributed by atoms with Crippen molar-refractivity contribution in [2.24, 2.45) is 0 Å². The average molecular weight is 328 g/mol. The zero-order valence-electron chi connectivity index (χ0n) is 10.9. The Morgan fingerprint density at radius 1 is 1.35 bits per heavy atom. The van der Waals surface area contributed by atoms with E-state index in [1.807, 2.05) is 31.2 Å². The molecule has 0 spiro atoms. The molecule has 1 N–H and O–H groups in total. The molecule has 0 atom stereocenters. The number of halogens is 1. The number of hydrogen-bond acceptors (Lipinski definition) is 5. The minimum absolute atomic E-state index is 0.0193. The third-order valence-electron chi connectivity index (χ3n) is 2.62. The van der Waals surface area contributed by atoms with Crippen LogP contribution in [0.2, 0.25) is 5.02 Å². The van der Waals surface area contributed by atoms with E-state index >= 15 is 0 Å². The van der Waals surface area contributed by atoms with Crippen LogP contribution in [0.5, 0.6) is 0 Å². The largest absolute Gasteiger partial charge is 0.351 e. The van der Waals surface area contributed by atoms with Gasteiger partial charge in [0.25, 0.3) is 0 Å². The second kappa shape index (κ2) is 7.61. The number of amides is 1. The third-order valence-corrected chi connectivity index (χ3v) is 4.47. The van der Waals surface area contributed by atoms with Crippen LogP contribution in [-0.4, -0.2) is 20.4 Å². The maximum Gasteiger partial charge on any atom is 0.230 e. The first-order valence-corrected chi connectivity index (χ1v) is 8.28. The zero-order chi connectivity index (χ0) is 14.4. The fourth-order valence-corrected chi connectivity index (χ4v) is 3.10. The van der Waals surface area contributed by atoms with Crippen molar-refractivity contribution in [1.29, 1.82) is 0 Å². The lowest BCUT2D eigenvalue weighted by atomic mass is 10.2. The summed E-state index contributed by atoms with van der Waals surface area (Å²) in [6, 6.07) is 7.44. The molecule has 0 aliphatic rings. The second-order valence-electron chi connectivity index (χ2n) is 4.19. The molecule has 0 saturated carbocycles. The van der Waals surface area contributed by atoms with Crippen LogP contribution in [0.3, 0.4) is 0 Å². The van der Waals surface area contributed by atoms with Crippen molar-refractivity contribution >= 4 is 41.0 Å². The molecule has 1 aromatic carbocycles. The van der Waals surface area contributed by atoms with Crippen LogP contribution < -0.4 is 5.32 Å². The Morgan fingerprint density at radius 3 is 2.75 bits per heavy atom. The molecule has 0 radical (unpaired) electrons. The van der Waals surface area contributed by atoms with E-state index < -0.39 is 0 Å². The summed E-state index contributed by atoms with van der Waals surface area (Å²) in [7, 11) is 0. The molecule has 106 valence electrons. The van der Waals surface area contributed by atoms with Gasteiger partial charge in [-0.15, -0.1) is 11.8 Å². The van der Waals surface area contributed by atoms with E-state index in [4.69, 9.17) is 11.6 Å². The number of hydrogen-bond donors (Lipinski definition) is 1. The summed E-state index contributed by atoms with van der Waals surface area (Å²) in [6.45, 7) is 2.45. The van der Waals surface area contributed by atoms with Crippen LogP contribution in [-0.2, 0) is 17.1 Å². The molecule has 0 unspecified atom stereocenters. The minimum atomic E-state index is 0.0193. The number of aromatic nitrogens is 2. The maximum atomic E-state index is 11.7. The monoisotopic (exact) mass is 327 g/mol. The number of rotatable bonds is 6. The fraction of sp³-hybridized carbons (Fsp3) is 0.308. The van der Waals surface area contributed by atoms with E-state index in [0.717, 1.165) is 22.7 Å². The first-order chi connectivity index (χ1) is 9.65. The zero-order valence-corrected chi connectivity index (χ0v) is 13.3. The van der Waals surface area contributed by atoms with Crippen LogP contribution in [0, 0.1) is 6.92 Å². The molecule has 20 heavy (non-hydrogen) atoms. The predicted octanol–water partition coefficient (Wildman–Crippen LogP) is 3.05. The number of nitrogens with one attached hydrogen (secondary N) is 1. The molecule has 2 aromatic rings. The smallest absolute Gasteiger partial charge is 0.230 e. The van der Waals surface area contributed by atoms with Gasteiger partial charge in [0.2, 0.25) is 5.91 Å². The van der Waals surface area contributed by atoms with Gasteiger partial charge in [-0.2, -0.15) is 8.75 Å². The fourth-order valence-electron chi connectivity index (χ4n) is 1.47. The highest BCUT2D eigenvalue weighted by Gasteiger charge is 2.06. The van der Waals surface area contributed by atoms with E-state index in [2.05, 4.69) is 14.1 Å². The van der Waals surface area contributed by atoms with Crippen LogP contribution in [0.25, 0.3) is 0 Å². The molecule has 0 aliphatic carbocycles. The SMILES string of the molecule is Cc1nsnc1CSCC(=O)NCc1ccc(Cl)cc1. The molecule has 1 heterocycles. The third kappa shape index (κ3) is 4.77. The number of nitrogens with zero attached hydrogens (tertiary/aromatic N) is 2. The number of thioether (sulfide) groups is 1. The lowest BCUT2D eigenvalue weighted by Gasteiger charge is -2.05. The van der Waals surface area contributed by atoms with Crippen molar-refractivity contribution in [2.75, 3.05) is 5.75 Å². The van der Waals surface area contributed by atoms with Gasteiger partial charge in [0.05, 0.1) is 28.9 Å². The molecule has 7 heteroatoms. The highest BCUT2D eigenvalue weighted by atomic mass is 35.5. The van der Waals surface area contributed by atoms with Gasteiger partial charge < -0.3 is 5.32 Å². The Hall–Kier alpha value is -1.11. The molecular formula is C13H14ClN3OS2. The summed E-state index contributed by atoms with van der Waals surface area (Å²) < 4.78 is 8.28. The van der Waals surface area contributed by atoms with Crippen molar-refractivity contribution in [2.45, 2.75) is 19.2 Å². The summed E-state index contributed by atoms with van der Waals surface area (Å²) in [5.74, 6) is 1.16. The standard InChI is InChI=1S/C13H14ClN3OS2/c1-9-12(17-20-16-9)7-19-8-13(18)15-6-10-2-4-11(14)5-3-10/h2-5H,6-8H2,1H3,(H,15,18). The summed E-state index contributed by atoms with van der Waals surface area (Å²) in [5, 5.41) is 3.57. The van der Waals surface area contributed by atoms with Crippen molar-refractivity contribution in [3.63, 3.8) is 0 Å². The second-order valence-corrected chi connectivity index (χ2v) is 6.14. The highest BCUT2D eigenvalue weighted by molar-refractivity contribution is 7.99. The van der Waals surface area contributed by atoms with E-state index in [1.165, 1.54) is 11.7 Å². The Balaban J connectivity index is 1.68. The van der Waals surface area contributed by atoms with Crippen molar-refractivity contribution in [3.05, 3.63) is 46.2 Å². The normalized spacial score (nSPS) is 10.5. The lowest BCUT2D eigenvalue weighted by Crippen LogP contribution is -2.24. The van der Waals surface area contributed by atoms with Crippen LogP contribution >= 0.6 is 35.1 Å². The Kier molecular flexibility index (Phi) is 5.82. The molecule has 0 bridgehead atoms. The van der Waals surface area contributed by atoms with Gasteiger partial charge in [-0.3, -0.25) is 4.79 Å². The first kappa shape index (κ1) is 15.3. The molecule has 0 aliphatic heterocycles. The number of carbonyl (C=O) groups excluding carboxylic acids is 1. The quantitative estimate of drug-likeness (QED) is 0.886. The van der Waals surface area contributed by atoms with Crippen LogP contribution in [0.15, 0.2) is 24.3 Å². The topological polar surface area (TPSA) is 54.9 Å². The van der Waals surface area contributed by atoms with Gasteiger partial charge >= 0.3 is 0 Å². The lowest BCUT2D eigenvalue weighted by molar-refractivity contribution is -0.118. The Labute approximate surface area is 131 Å². The first-order valence-electron chi connectivity index (χ1n) is 6.02. The molecule has 0 fully saturated rings. The molecule has 1 amide bonds. The van der Waals surface area contributed by atoms with Gasteiger partial charge in [-0.1, -0.05) is 23.7 Å². The Bertz CT molecular complexity index is 571. The predicted molar refractivity (Wildman–Crippen MR) is 84.1 cm³/mol. The Morgan fingerprint density at radius 2 is 2.10 bits per heavy atom. The van der Waals surface area contributed by atoms with E-state index in [9.17, 15) is 4.79 Å². The summed E-state index contributed by atoms with van der Waals surface area (Å²) in [6.07, 6.45) is 0. The van der Waals surface area contributed by atoms with Crippen molar-refractivity contribution < 1.29 is 4.79 Å². The summed E-state index contributed by atoms with van der Waals surface area (Å²) in [4.78, 5) is 11.7. The van der Waals surface area contributed by atoms with Gasteiger partial charge in [0, 0.05) is 17.3 Å². The van der Waals surface area contributed by atoms with Gasteiger partial charge in [0.1, 0.15) is 0 Å². The van der Waals surface area contributed by atoms with Gasteiger partial charge in [0.15, 0.2) is 0 Å². The molecule has 2 rings (SSSR count). The molecule has 1 aromatic heterocycles. The summed E-state index contributed by atoms with van der Waals surface area (Å²) in [5.41, 5.74) is 2.95. The average Bonchev–Trinajstić information content (AvgIpc) is 2.84. The van der Waals surface area contributed by atoms with Gasteiger partial charge in [-0.25, -0.2) is 0 Å². The minimum Gasteiger partial charge on any atom is -0.351 e.